The number of nitrogens with zero attached hydrogens (tertiary/aromatic N) is 5. The lowest BCUT2D eigenvalue weighted by atomic mass is 9.91. The molecule has 3 N–H and O–H groups in total. The minimum absolute atomic E-state index is 0.187. The van der Waals surface area contributed by atoms with E-state index in [1.807, 2.05) is 20.9 Å². The summed E-state index contributed by atoms with van der Waals surface area (Å²) in [6.07, 6.45) is 4.28. The molecule has 4 heterocycles. The molecular weight excluding hydrogens is 456 g/mol. The lowest BCUT2D eigenvalue weighted by Gasteiger charge is -2.39. The van der Waals surface area contributed by atoms with Crippen LogP contribution in [0, 0.1) is 11.8 Å². The van der Waals surface area contributed by atoms with Crippen LogP contribution in [0.1, 0.15) is 37.0 Å². The highest BCUT2D eigenvalue weighted by atomic mass is 19.1. The lowest BCUT2D eigenvalue weighted by Crippen LogP contribution is -2.56. The Morgan fingerprint density at radius 2 is 2.03 bits per heavy atom. The fourth-order valence-corrected chi connectivity index (χ4v) is 4.20. The van der Waals surface area contributed by atoms with Crippen molar-refractivity contribution in [2.24, 2.45) is 0 Å². The van der Waals surface area contributed by atoms with Crippen LogP contribution < -0.4 is 15.8 Å². The average Bonchev–Trinajstić information content (AvgIpc) is 2.81. The van der Waals surface area contributed by atoms with Gasteiger partial charge in [-0.05, 0) is 52.4 Å². The standard InChI is InChI=1S/C24H27F2N7O2/c1-4-35-18-7-6-14(11-28-18)16-10-15(23(34)32-24(2)8-5-9-33(3)13-24)19(25)20(30-16)17-12-29-22(27)21(26)31-17/h6-7,10-12H,4-5,8-9,13H2,1-3H3,(H2,27,29)(H,32,34)/t24-/m1/s1. The van der Waals surface area contributed by atoms with E-state index in [1.54, 1.807) is 12.1 Å². The molecule has 1 aliphatic rings. The van der Waals surface area contributed by atoms with Gasteiger partial charge >= 0.3 is 0 Å². The maximum atomic E-state index is 15.7. The first-order chi connectivity index (χ1) is 16.7. The summed E-state index contributed by atoms with van der Waals surface area (Å²) in [5.41, 5.74) is 4.90. The molecule has 1 aliphatic heterocycles. The van der Waals surface area contributed by atoms with Gasteiger partial charge in [0.15, 0.2) is 11.6 Å². The molecule has 0 saturated carbocycles. The third-order valence-electron chi connectivity index (χ3n) is 5.83. The number of anilines is 1. The van der Waals surface area contributed by atoms with E-state index in [-0.39, 0.29) is 22.6 Å². The molecule has 3 aromatic heterocycles. The Morgan fingerprint density at radius 1 is 1.23 bits per heavy atom. The van der Waals surface area contributed by atoms with Crippen LogP contribution in [0.3, 0.4) is 0 Å². The van der Waals surface area contributed by atoms with Crippen molar-refractivity contribution >= 4 is 11.7 Å². The Hall–Kier alpha value is -3.73. The molecule has 0 spiro atoms. The predicted molar refractivity (Wildman–Crippen MR) is 127 cm³/mol. The highest BCUT2D eigenvalue weighted by Gasteiger charge is 2.33. The number of nitrogen functional groups attached to an aromatic ring is 1. The van der Waals surface area contributed by atoms with Gasteiger partial charge in [0, 0.05) is 24.4 Å². The Bertz CT molecular complexity index is 1240. The van der Waals surface area contributed by atoms with Crippen molar-refractivity contribution in [2.45, 2.75) is 32.2 Å². The van der Waals surface area contributed by atoms with Crippen molar-refractivity contribution < 1.29 is 18.3 Å². The number of halogens is 2. The zero-order chi connectivity index (χ0) is 25.2. The van der Waals surface area contributed by atoms with E-state index in [0.29, 0.717) is 24.6 Å². The number of rotatable bonds is 6. The summed E-state index contributed by atoms with van der Waals surface area (Å²) in [5, 5.41) is 2.97. The molecule has 0 aliphatic carbocycles. The first-order valence-corrected chi connectivity index (χ1v) is 11.3. The van der Waals surface area contributed by atoms with E-state index in [0.717, 1.165) is 25.6 Å². The topological polar surface area (TPSA) is 119 Å². The van der Waals surface area contributed by atoms with Gasteiger partial charge in [0.2, 0.25) is 5.88 Å². The van der Waals surface area contributed by atoms with Gasteiger partial charge in [-0.3, -0.25) is 4.79 Å². The van der Waals surface area contributed by atoms with Crippen LogP contribution in [0.2, 0.25) is 0 Å². The molecule has 9 nitrogen and oxygen atoms in total. The van der Waals surface area contributed by atoms with Crippen LogP contribution in [-0.4, -0.2) is 63.0 Å². The first kappa shape index (κ1) is 24.4. The molecular formula is C24H27F2N7O2. The largest absolute Gasteiger partial charge is 0.478 e. The summed E-state index contributed by atoms with van der Waals surface area (Å²) in [6.45, 7) is 5.77. The maximum absolute atomic E-state index is 15.7. The number of carbonyl (C=O) groups excluding carboxylic acids is 1. The number of pyridine rings is 2. The third-order valence-corrected chi connectivity index (χ3v) is 5.83. The zero-order valence-corrected chi connectivity index (χ0v) is 19.8. The van der Waals surface area contributed by atoms with Gasteiger partial charge in [-0.2, -0.15) is 4.39 Å². The van der Waals surface area contributed by atoms with E-state index < -0.39 is 29.0 Å². The molecule has 1 saturated heterocycles. The Kier molecular flexibility index (Phi) is 6.88. The Labute approximate surface area is 201 Å². The van der Waals surface area contributed by atoms with Crippen molar-refractivity contribution in [3.8, 4) is 28.5 Å². The summed E-state index contributed by atoms with van der Waals surface area (Å²) >= 11 is 0. The number of ether oxygens (including phenoxy) is 1. The van der Waals surface area contributed by atoms with Gasteiger partial charge in [-0.15, -0.1) is 0 Å². The van der Waals surface area contributed by atoms with Crippen LogP contribution in [0.4, 0.5) is 14.6 Å². The van der Waals surface area contributed by atoms with Gasteiger partial charge < -0.3 is 20.7 Å². The molecule has 0 radical (unpaired) electrons. The lowest BCUT2D eigenvalue weighted by molar-refractivity contribution is 0.0834. The van der Waals surface area contributed by atoms with Gasteiger partial charge in [-0.1, -0.05) is 0 Å². The quantitative estimate of drug-likeness (QED) is 0.549. The number of piperidine rings is 1. The highest BCUT2D eigenvalue weighted by molar-refractivity contribution is 5.97. The van der Waals surface area contributed by atoms with Crippen LogP contribution >= 0.6 is 0 Å². The fourth-order valence-electron chi connectivity index (χ4n) is 4.20. The summed E-state index contributed by atoms with van der Waals surface area (Å²) in [5.74, 6) is -2.60. The summed E-state index contributed by atoms with van der Waals surface area (Å²) in [7, 11) is 1.97. The van der Waals surface area contributed by atoms with Crippen molar-refractivity contribution in [2.75, 3.05) is 32.5 Å². The van der Waals surface area contributed by atoms with Crippen LogP contribution in [-0.2, 0) is 0 Å². The van der Waals surface area contributed by atoms with Crippen molar-refractivity contribution in [1.29, 1.82) is 0 Å². The molecule has 0 unspecified atom stereocenters. The summed E-state index contributed by atoms with van der Waals surface area (Å²) in [6, 6.07) is 4.68. The minimum Gasteiger partial charge on any atom is -0.478 e. The SMILES string of the molecule is CCOc1ccc(-c2cc(C(=O)N[C@]3(C)CCCN(C)C3)c(F)c(-c3cnc(N)c(F)n3)n2)cn1. The molecule has 1 atom stereocenters. The maximum Gasteiger partial charge on any atom is 0.256 e. The van der Waals surface area contributed by atoms with Crippen LogP contribution in [0.25, 0.3) is 22.6 Å². The van der Waals surface area contributed by atoms with E-state index in [2.05, 4.69) is 30.2 Å². The zero-order valence-electron chi connectivity index (χ0n) is 19.8. The van der Waals surface area contributed by atoms with Crippen LogP contribution in [0.15, 0.2) is 30.6 Å². The van der Waals surface area contributed by atoms with E-state index in [1.165, 1.54) is 12.3 Å². The molecule has 1 amide bonds. The summed E-state index contributed by atoms with van der Waals surface area (Å²) < 4.78 is 35.1. The van der Waals surface area contributed by atoms with Crippen molar-refractivity contribution in [3.63, 3.8) is 0 Å². The molecule has 1 fully saturated rings. The van der Waals surface area contributed by atoms with Gasteiger partial charge in [0.1, 0.15) is 11.4 Å². The number of hydrogen-bond donors (Lipinski definition) is 2. The van der Waals surface area contributed by atoms with Gasteiger partial charge in [0.05, 0.1) is 29.6 Å². The third kappa shape index (κ3) is 5.35. The first-order valence-electron chi connectivity index (χ1n) is 11.3. The average molecular weight is 484 g/mol. The molecule has 0 aromatic carbocycles. The van der Waals surface area contributed by atoms with Crippen LogP contribution in [0.5, 0.6) is 5.88 Å². The second-order valence-corrected chi connectivity index (χ2v) is 8.82. The fraction of sp³-hybridized carbons (Fsp3) is 0.375. The number of aromatic nitrogens is 4. The monoisotopic (exact) mass is 483 g/mol. The number of likely N-dealkylation sites (tertiary alicyclic amines) is 1. The molecule has 4 rings (SSSR count). The number of carbonyl (C=O) groups is 1. The van der Waals surface area contributed by atoms with Gasteiger partial charge in [-0.25, -0.2) is 24.3 Å². The summed E-state index contributed by atoms with van der Waals surface area (Å²) in [4.78, 5) is 31.4. The normalized spacial score (nSPS) is 18.3. The number of likely N-dealkylation sites (N-methyl/N-ethyl adjacent to an activating group) is 1. The Balaban J connectivity index is 1.79. The number of hydrogen-bond acceptors (Lipinski definition) is 8. The molecule has 35 heavy (non-hydrogen) atoms. The molecule has 11 heteroatoms. The smallest absolute Gasteiger partial charge is 0.256 e. The van der Waals surface area contributed by atoms with Crippen molar-refractivity contribution in [3.05, 3.63) is 47.9 Å². The Morgan fingerprint density at radius 3 is 2.69 bits per heavy atom. The molecule has 0 bridgehead atoms. The van der Waals surface area contributed by atoms with Gasteiger partial charge in [0.25, 0.3) is 11.9 Å². The second kappa shape index (κ2) is 9.87. The van der Waals surface area contributed by atoms with Crippen molar-refractivity contribution in [1.82, 2.24) is 30.2 Å². The number of amides is 1. The van der Waals surface area contributed by atoms with E-state index in [4.69, 9.17) is 10.5 Å². The number of nitrogens with one attached hydrogen (secondary N) is 1. The van der Waals surface area contributed by atoms with E-state index >= 15 is 4.39 Å². The minimum atomic E-state index is -1.06. The predicted octanol–water partition coefficient (Wildman–Crippen LogP) is 3.07. The number of nitrogens with two attached hydrogens (primary N) is 1. The second-order valence-electron chi connectivity index (χ2n) is 8.82. The molecule has 3 aromatic rings. The highest BCUT2D eigenvalue weighted by Crippen LogP contribution is 2.29. The molecule has 184 valence electrons. The van der Waals surface area contributed by atoms with E-state index in [9.17, 15) is 9.18 Å².